The topological polar surface area (TPSA) is 37.3 Å². The monoisotopic (exact) mass is 194 g/mol. The summed E-state index contributed by atoms with van der Waals surface area (Å²) in [6.07, 6.45) is 4.72. The third kappa shape index (κ3) is 0.768. The molecule has 0 radical (unpaired) electrons. The lowest BCUT2D eigenvalue weighted by molar-refractivity contribution is -0.148. The van der Waals surface area contributed by atoms with Crippen molar-refractivity contribution in [3.63, 3.8) is 0 Å². The second-order valence-corrected chi connectivity index (χ2v) is 6.17. The maximum Gasteiger partial charge on any atom is 0.307 e. The molecule has 4 aliphatic carbocycles. The van der Waals surface area contributed by atoms with Gasteiger partial charge in [-0.2, -0.15) is 0 Å². The fourth-order valence-corrected chi connectivity index (χ4v) is 4.41. The summed E-state index contributed by atoms with van der Waals surface area (Å²) in [5, 5.41) is 9.08. The van der Waals surface area contributed by atoms with E-state index in [-0.39, 0.29) is 11.3 Å². The van der Waals surface area contributed by atoms with Crippen LogP contribution in [0, 0.1) is 28.6 Å². The zero-order valence-corrected chi connectivity index (χ0v) is 8.92. The van der Waals surface area contributed by atoms with E-state index in [1.54, 1.807) is 0 Å². The molecule has 4 aliphatic rings. The smallest absolute Gasteiger partial charge is 0.307 e. The van der Waals surface area contributed by atoms with Crippen LogP contribution in [-0.4, -0.2) is 11.1 Å². The molecule has 14 heavy (non-hydrogen) atoms. The molecular weight excluding hydrogens is 176 g/mol. The van der Waals surface area contributed by atoms with E-state index in [4.69, 9.17) is 5.11 Å². The van der Waals surface area contributed by atoms with Gasteiger partial charge in [0.15, 0.2) is 0 Å². The Morgan fingerprint density at radius 1 is 1.43 bits per heavy atom. The molecule has 0 saturated heterocycles. The summed E-state index contributed by atoms with van der Waals surface area (Å²) < 4.78 is 0. The highest BCUT2D eigenvalue weighted by Gasteiger charge is 2.72. The van der Waals surface area contributed by atoms with Crippen LogP contribution in [0.4, 0.5) is 0 Å². The summed E-state index contributed by atoms with van der Waals surface area (Å²) >= 11 is 0. The number of carbonyl (C=O) groups is 1. The molecule has 0 aromatic carbocycles. The summed E-state index contributed by atoms with van der Waals surface area (Å²) in [5.74, 6) is 1.03. The van der Waals surface area contributed by atoms with E-state index in [9.17, 15) is 4.79 Å². The number of fused-ring (bicyclic) bond motifs is 1. The summed E-state index contributed by atoms with van der Waals surface area (Å²) in [6.45, 7) is 4.67. The first kappa shape index (κ1) is 8.75. The zero-order valence-electron chi connectivity index (χ0n) is 8.92. The summed E-state index contributed by atoms with van der Waals surface area (Å²) in [4.78, 5) is 11.0. The molecule has 2 nitrogen and oxygen atoms in total. The standard InChI is InChI=1S/C12H18O2/c1-11(2)7-3-4-12(9(11)5-7)6-8(12)10(13)14/h7-9H,3-6H2,1-2H3,(H,13,14)/t7-,8?,9+,12?/m0/s1. The number of rotatable bonds is 1. The predicted molar refractivity (Wildman–Crippen MR) is 52.8 cm³/mol. The molecule has 0 aliphatic heterocycles. The fourth-order valence-electron chi connectivity index (χ4n) is 4.41. The molecular formula is C12H18O2. The number of carboxylic acid groups (broad SMARTS) is 1. The van der Waals surface area contributed by atoms with Gasteiger partial charge in [0.25, 0.3) is 0 Å². The molecule has 2 heteroatoms. The van der Waals surface area contributed by atoms with Crippen molar-refractivity contribution in [1.29, 1.82) is 0 Å². The third-order valence-electron chi connectivity index (χ3n) is 5.54. The maximum absolute atomic E-state index is 11.0. The highest BCUT2D eigenvalue weighted by molar-refractivity contribution is 5.75. The maximum atomic E-state index is 11.0. The van der Waals surface area contributed by atoms with Crippen LogP contribution in [0.15, 0.2) is 0 Å². The molecule has 1 N–H and O–H groups in total. The molecule has 4 saturated carbocycles. The molecule has 2 unspecified atom stereocenters. The van der Waals surface area contributed by atoms with Crippen molar-refractivity contribution < 1.29 is 9.90 Å². The van der Waals surface area contributed by atoms with Gasteiger partial charge in [0.1, 0.15) is 0 Å². The van der Waals surface area contributed by atoms with Crippen LogP contribution in [-0.2, 0) is 4.79 Å². The SMILES string of the molecule is CC1(C)[C@H]2CCC3(CC3C(=O)O)[C@@H]1C2. The number of aliphatic carboxylic acids is 1. The van der Waals surface area contributed by atoms with Crippen molar-refractivity contribution in [2.24, 2.45) is 28.6 Å². The van der Waals surface area contributed by atoms with Gasteiger partial charge in [-0.3, -0.25) is 4.79 Å². The highest BCUT2D eigenvalue weighted by atomic mass is 16.4. The number of hydrogen-bond acceptors (Lipinski definition) is 1. The second kappa shape index (κ2) is 2.17. The lowest BCUT2D eigenvalue weighted by Crippen LogP contribution is -2.54. The van der Waals surface area contributed by atoms with Gasteiger partial charge < -0.3 is 5.11 Å². The van der Waals surface area contributed by atoms with Crippen molar-refractivity contribution in [2.45, 2.75) is 39.5 Å². The van der Waals surface area contributed by atoms with Crippen molar-refractivity contribution in [1.82, 2.24) is 0 Å². The summed E-state index contributed by atoms with van der Waals surface area (Å²) in [6, 6.07) is 0. The van der Waals surface area contributed by atoms with Crippen LogP contribution in [0.25, 0.3) is 0 Å². The van der Waals surface area contributed by atoms with Crippen molar-refractivity contribution in [2.75, 3.05) is 0 Å². The van der Waals surface area contributed by atoms with Crippen LogP contribution in [0.1, 0.15) is 39.5 Å². The molecule has 78 valence electrons. The summed E-state index contributed by atoms with van der Waals surface area (Å²) in [5.41, 5.74) is 0.659. The molecule has 0 aromatic heterocycles. The van der Waals surface area contributed by atoms with Crippen molar-refractivity contribution >= 4 is 5.97 Å². The highest BCUT2D eigenvalue weighted by Crippen LogP contribution is 2.76. The molecule has 2 bridgehead atoms. The largest absolute Gasteiger partial charge is 0.481 e. The van der Waals surface area contributed by atoms with Gasteiger partial charge in [0, 0.05) is 0 Å². The number of carboxylic acids is 1. The van der Waals surface area contributed by atoms with E-state index in [0.717, 1.165) is 12.3 Å². The average Bonchev–Trinajstić information content (AvgIpc) is 2.79. The van der Waals surface area contributed by atoms with Crippen molar-refractivity contribution in [3.8, 4) is 0 Å². The molecule has 1 spiro atoms. The minimum absolute atomic E-state index is 0.00646. The minimum Gasteiger partial charge on any atom is -0.481 e. The van der Waals surface area contributed by atoms with Crippen LogP contribution in [0.5, 0.6) is 0 Å². The van der Waals surface area contributed by atoms with Gasteiger partial charge in [-0.05, 0) is 48.3 Å². The predicted octanol–water partition coefficient (Wildman–Crippen LogP) is 2.53. The Hall–Kier alpha value is -0.530. The van der Waals surface area contributed by atoms with Crippen LogP contribution >= 0.6 is 0 Å². The minimum atomic E-state index is -0.550. The zero-order chi connectivity index (χ0) is 10.1. The Kier molecular flexibility index (Phi) is 1.36. The Morgan fingerprint density at radius 3 is 2.57 bits per heavy atom. The molecule has 0 amide bonds. The Labute approximate surface area is 84.7 Å². The van der Waals surface area contributed by atoms with Gasteiger partial charge in [-0.1, -0.05) is 13.8 Å². The van der Waals surface area contributed by atoms with E-state index in [2.05, 4.69) is 13.8 Å². The van der Waals surface area contributed by atoms with Crippen LogP contribution in [0.2, 0.25) is 0 Å². The van der Waals surface area contributed by atoms with Crippen LogP contribution < -0.4 is 0 Å². The van der Waals surface area contributed by atoms with E-state index in [1.807, 2.05) is 0 Å². The summed E-state index contributed by atoms with van der Waals surface area (Å²) in [7, 11) is 0. The third-order valence-corrected chi connectivity index (χ3v) is 5.54. The van der Waals surface area contributed by atoms with E-state index >= 15 is 0 Å². The van der Waals surface area contributed by atoms with Crippen LogP contribution in [0.3, 0.4) is 0 Å². The molecule has 4 rings (SSSR count). The first-order valence-electron chi connectivity index (χ1n) is 5.71. The van der Waals surface area contributed by atoms with E-state index in [0.29, 0.717) is 11.3 Å². The Morgan fingerprint density at radius 2 is 2.14 bits per heavy atom. The first-order valence-corrected chi connectivity index (χ1v) is 5.71. The van der Waals surface area contributed by atoms with Gasteiger partial charge in [0.2, 0.25) is 0 Å². The number of hydrogen-bond donors (Lipinski definition) is 1. The lowest BCUT2D eigenvalue weighted by atomic mass is 9.44. The van der Waals surface area contributed by atoms with Gasteiger partial charge in [0.05, 0.1) is 5.92 Å². The van der Waals surface area contributed by atoms with E-state index < -0.39 is 5.97 Å². The quantitative estimate of drug-likeness (QED) is 0.696. The van der Waals surface area contributed by atoms with Gasteiger partial charge >= 0.3 is 5.97 Å². The average molecular weight is 194 g/mol. The first-order chi connectivity index (χ1) is 6.48. The molecule has 4 fully saturated rings. The lowest BCUT2D eigenvalue weighted by Gasteiger charge is -2.61. The Balaban J connectivity index is 1.87. The van der Waals surface area contributed by atoms with Gasteiger partial charge in [-0.25, -0.2) is 0 Å². The van der Waals surface area contributed by atoms with E-state index in [1.165, 1.54) is 19.3 Å². The normalized spacial score (nSPS) is 52.6. The molecule has 4 atom stereocenters. The van der Waals surface area contributed by atoms with Crippen molar-refractivity contribution in [3.05, 3.63) is 0 Å². The Bertz CT molecular complexity index is 305. The molecule has 0 heterocycles. The molecule has 0 aromatic rings. The fraction of sp³-hybridized carbons (Fsp3) is 0.917. The van der Waals surface area contributed by atoms with Gasteiger partial charge in [-0.15, -0.1) is 0 Å². The second-order valence-electron chi connectivity index (χ2n) is 6.17.